The van der Waals surface area contributed by atoms with Crippen LogP contribution >= 0.6 is 0 Å². The van der Waals surface area contributed by atoms with Gasteiger partial charge in [-0.05, 0) is 51.6 Å². The highest BCUT2D eigenvalue weighted by atomic mass is 16.2. The molecule has 158 valence electrons. The van der Waals surface area contributed by atoms with Crippen LogP contribution in [-0.2, 0) is 4.79 Å². The zero-order valence-electron chi connectivity index (χ0n) is 17.8. The summed E-state index contributed by atoms with van der Waals surface area (Å²) in [6, 6.07) is 0.797. The van der Waals surface area contributed by atoms with Crippen molar-refractivity contribution < 1.29 is 4.79 Å². The highest BCUT2D eigenvalue weighted by Crippen LogP contribution is 2.23. The Balaban J connectivity index is 1.87. The number of piperidine rings is 1. The molecule has 2 rings (SSSR count). The minimum Gasteiger partial charge on any atom is -0.343 e. The van der Waals surface area contributed by atoms with Crippen molar-refractivity contribution in [2.75, 3.05) is 32.7 Å². The third-order valence-corrected chi connectivity index (χ3v) is 6.54. The van der Waals surface area contributed by atoms with Gasteiger partial charge in [0, 0.05) is 32.1 Å². The van der Waals surface area contributed by atoms with Gasteiger partial charge in [0.1, 0.15) is 0 Å². The lowest BCUT2D eigenvalue weighted by molar-refractivity contribution is -0.131. The number of hydrogen-bond donors (Lipinski definition) is 1. The van der Waals surface area contributed by atoms with E-state index in [2.05, 4.69) is 9.80 Å². The summed E-state index contributed by atoms with van der Waals surface area (Å²) in [6.45, 7) is 4.87. The molecule has 1 atom stereocenters. The summed E-state index contributed by atoms with van der Waals surface area (Å²) in [7, 11) is 0. The van der Waals surface area contributed by atoms with Crippen LogP contribution in [0.15, 0.2) is 0 Å². The average molecular weight is 380 g/mol. The molecule has 27 heavy (non-hydrogen) atoms. The molecular weight excluding hydrogens is 334 g/mol. The molecule has 0 spiro atoms. The molecule has 1 amide bonds. The van der Waals surface area contributed by atoms with Crippen LogP contribution in [0.3, 0.4) is 0 Å². The predicted molar refractivity (Wildman–Crippen MR) is 115 cm³/mol. The first-order valence-electron chi connectivity index (χ1n) is 12.0. The largest absolute Gasteiger partial charge is 0.343 e. The fourth-order valence-corrected chi connectivity index (χ4v) is 4.84. The molecular formula is C23H45N3O. The topological polar surface area (TPSA) is 49.6 Å². The fourth-order valence-electron chi connectivity index (χ4n) is 4.84. The monoisotopic (exact) mass is 379 g/mol. The Morgan fingerprint density at radius 2 is 1.33 bits per heavy atom. The Morgan fingerprint density at radius 3 is 2.04 bits per heavy atom. The third kappa shape index (κ3) is 9.43. The third-order valence-electron chi connectivity index (χ3n) is 6.54. The predicted octanol–water partition coefficient (Wildman–Crippen LogP) is 4.71. The standard InChI is InChI=1S/C23H45N3O/c24-17-12-19-26-21-13-20-25-18-11-10-15-22(25)14-8-6-4-2-1-3-5-7-9-16-23(26)27/h22H,1-21,24H2. The van der Waals surface area contributed by atoms with E-state index in [4.69, 9.17) is 5.73 Å². The lowest BCUT2D eigenvalue weighted by Gasteiger charge is -2.36. The summed E-state index contributed by atoms with van der Waals surface area (Å²) < 4.78 is 0. The SMILES string of the molecule is NCCCN1CCCN2CCCCC2CCCCCCCCCCCC1=O. The molecule has 2 saturated heterocycles. The Hall–Kier alpha value is -0.610. The highest BCUT2D eigenvalue weighted by molar-refractivity contribution is 5.76. The van der Waals surface area contributed by atoms with E-state index in [1.807, 2.05) is 0 Å². The summed E-state index contributed by atoms with van der Waals surface area (Å²) in [4.78, 5) is 17.5. The van der Waals surface area contributed by atoms with Gasteiger partial charge in [0.25, 0.3) is 0 Å². The van der Waals surface area contributed by atoms with Gasteiger partial charge >= 0.3 is 0 Å². The minimum absolute atomic E-state index is 0.361. The molecule has 0 aromatic carbocycles. The van der Waals surface area contributed by atoms with Crippen molar-refractivity contribution in [1.29, 1.82) is 0 Å². The second-order valence-electron chi connectivity index (χ2n) is 8.78. The highest BCUT2D eigenvalue weighted by Gasteiger charge is 2.22. The molecule has 2 N–H and O–H groups in total. The fraction of sp³-hybridized carbons (Fsp3) is 0.957. The molecule has 2 fully saturated rings. The number of rotatable bonds is 3. The molecule has 1 unspecified atom stereocenters. The van der Waals surface area contributed by atoms with Crippen LogP contribution in [0.25, 0.3) is 0 Å². The zero-order chi connectivity index (χ0) is 19.2. The Morgan fingerprint density at radius 1 is 0.741 bits per heavy atom. The van der Waals surface area contributed by atoms with E-state index in [1.54, 1.807) is 0 Å². The van der Waals surface area contributed by atoms with Crippen LogP contribution in [0.5, 0.6) is 0 Å². The van der Waals surface area contributed by atoms with Crippen LogP contribution in [0.4, 0.5) is 0 Å². The van der Waals surface area contributed by atoms with Gasteiger partial charge in [-0.25, -0.2) is 0 Å². The maximum Gasteiger partial charge on any atom is 0.222 e. The first kappa shape index (κ1) is 22.7. The van der Waals surface area contributed by atoms with E-state index in [9.17, 15) is 4.79 Å². The van der Waals surface area contributed by atoms with Gasteiger partial charge in [0.15, 0.2) is 0 Å². The summed E-state index contributed by atoms with van der Waals surface area (Å²) in [5, 5.41) is 0. The molecule has 2 aliphatic heterocycles. The summed E-state index contributed by atoms with van der Waals surface area (Å²) in [5.41, 5.74) is 5.70. The maximum absolute atomic E-state index is 12.7. The van der Waals surface area contributed by atoms with E-state index in [0.717, 1.165) is 51.4 Å². The van der Waals surface area contributed by atoms with Gasteiger partial charge < -0.3 is 15.5 Å². The maximum atomic E-state index is 12.7. The first-order chi connectivity index (χ1) is 13.3. The molecule has 0 aromatic heterocycles. The Kier molecular flexibility index (Phi) is 12.1. The molecule has 0 aliphatic carbocycles. The van der Waals surface area contributed by atoms with E-state index < -0.39 is 0 Å². The normalized spacial score (nSPS) is 26.2. The van der Waals surface area contributed by atoms with E-state index in [0.29, 0.717) is 12.5 Å². The molecule has 0 radical (unpaired) electrons. The van der Waals surface area contributed by atoms with Gasteiger partial charge in [0.05, 0.1) is 0 Å². The number of nitrogens with two attached hydrogens (primary N) is 1. The Bertz CT molecular complexity index is 388. The zero-order valence-corrected chi connectivity index (χ0v) is 17.8. The van der Waals surface area contributed by atoms with E-state index in [-0.39, 0.29) is 0 Å². The number of carbonyl (C=O) groups excluding carboxylic acids is 1. The molecule has 0 saturated carbocycles. The van der Waals surface area contributed by atoms with Crippen molar-refractivity contribution in [1.82, 2.24) is 9.80 Å². The van der Waals surface area contributed by atoms with E-state index in [1.165, 1.54) is 83.6 Å². The number of hydrogen-bond acceptors (Lipinski definition) is 3. The lowest BCUT2D eigenvalue weighted by Crippen LogP contribution is -2.42. The molecule has 4 heteroatoms. The van der Waals surface area contributed by atoms with Crippen molar-refractivity contribution in [3.8, 4) is 0 Å². The van der Waals surface area contributed by atoms with Gasteiger partial charge in [-0.1, -0.05) is 57.8 Å². The number of nitrogens with zero attached hydrogens (tertiary/aromatic N) is 2. The second-order valence-corrected chi connectivity index (χ2v) is 8.78. The first-order valence-corrected chi connectivity index (χ1v) is 12.0. The Labute approximate surface area is 168 Å². The quantitative estimate of drug-likeness (QED) is 0.772. The average Bonchev–Trinajstić information content (AvgIpc) is 2.68. The number of carbonyl (C=O) groups is 1. The number of amides is 1. The van der Waals surface area contributed by atoms with Gasteiger partial charge in [0.2, 0.25) is 5.91 Å². The molecule has 0 aromatic rings. The summed E-state index contributed by atoms with van der Waals surface area (Å²) in [6.07, 6.45) is 20.3. The number of fused-ring (bicyclic) bond motifs is 1. The summed E-state index contributed by atoms with van der Waals surface area (Å²) in [5.74, 6) is 0.361. The lowest BCUT2D eigenvalue weighted by atomic mass is 9.96. The van der Waals surface area contributed by atoms with Crippen LogP contribution in [0.1, 0.15) is 103 Å². The van der Waals surface area contributed by atoms with Crippen LogP contribution in [0.2, 0.25) is 0 Å². The van der Waals surface area contributed by atoms with Crippen molar-refractivity contribution in [3.05, 3.63) is 0 Å². The summed E-state index contributed by atoms with van der Waals surface area (Å²) >= 11 is 0. The second kappa shape index (κ2) is 14.4. The smallest absolute Gasteiger partial charge is 0.222 e. The molecule has 2 heterocycles. The van der Waals surface area contributed by atoms with Crippen molar-refractivity contribution in [2.24, 2.45) is 5.73 Å². The van der Waals surface area contributed by atoms with Gasteiger partial charge in [-0.3, -0.25) is 4.79 Å². The van der Waals surface area contributed by atoms with Crippen molar-refractivity contribution >= 4 is 5.91 Å². The van der Waals surface area contributed by atoms with Crippen molar-refractivity contribution in [3.63, 3.8) is 0 Å². The van der Waals surface area contributed by atoms with Crippen LogP contribution < -0.4 is 5.73 Å². The molecule has 4 nitrogen and oxygen atoms in total. The molecule has 2 aliphatic rings. The van der Waals surface area contributed by atoms with Crippen LogP contribution in [-0.4, -0.2) is 54.5 Å². The van der Waals surface area contributed by atoms with Gasteiger partial charge in [-0.15, -0.1) is 0 Å². The van der Waals surface area contributed by atoms with Crippen molar-refractivity contribution in [2.45, 2.75) is 109 Å². The van der Waals surface area contributed by atoms with Gasteiger partial charge in [-0.2, -0.15) is 0 Å². The minimum atomic E-state index is 0.361. The van der Waals surface area contributed by atoms with Crippen LogP contribution in [0, 0.1) is 0 Å². The van der Waals surface area contributed by atoms with E-state index >= 15 is 0 Å². The molecule has 0 bridgehead atoms.